The van der Waals surface area contributed by atoms with Crippen LogP contribution in [0.3, 0.4) is 0 Å². The normalized spacial score (nSPS) is 11.9. The van der Waals surface area contributed by atoms with Gasteiger partial charge < -0.3 is 11.5 Å². The summed E-state index contributed by atoms with van der Waals surface area (Å²) in [5, 5.41) is 0. The van der Waals surface area contributed by atoms with Gasteiger partial charge in [0, 0.05) is 11.9 Å². The predicted molar refractivity (Wildman–Crippen MR) is 61.4 cm³/mol. The second kappa shape index (κ2) is 4.95. The van der Waals surface area contributed by atoms with Crippen molar-refractivity contribution in [3.63, 3.8) is 0 Å². The van der Waals surface area contributed by atoms with Gasteiger partial charge in [-0.1, -0.05) is 12.7 Å². The molecule has 1 rings (SSSR count). The summed E-state index contributed by atoms with van der Waals surface area (Å²) in [5.41, 5.74) is 13.7. The van der Waals surface area contributed by atoms with Crippen LogP contribution >= 0.6 is 0 Å². The van der Waals surface area contributed by atoms with Gasteiger partial charge in [0.25, 0.3) is 0 Å². The highest BCUT2D eigenvalue weighted by atomic mass is 14.8. The number of nitrogens with zero attached hydrogens (tertiary/aromatic N) is 2. The first-order valence-electron chi connectivity index (χ1n) is 4.47. The molecule has 0 saturated carbocycles. The Morgan fingerprint density at radius 1 is 1.33 bits per heavy atom. The van der Waals surface area contributed by atoms with Gasteiger partial charge in [0.05, 0.1) is 17.6 Å². The first kappa shape index (κ1) is 11.0. The molecule has 0 aliphatic carbocycles. The first-order valence-corrected chi connectivity index (χ1v) is 4.47. The molecule has 0 aliphatic rings. The fourth-order valence-corrected chi connectivity index (χ4v) is 0.902. The molecule has 0 atom stereocenters. The number of rotatable bonds is 3. The van der Waals surface area contributed by atoms with Crippen molar-refractivity contribution in [2.45, 2.75) is 6.92 Å². The van der Waals surface area contributed by atoms with Crippen LogP contribution in [0.25, 0.3) is 5.70 Å². The molecule has 0 fully saturated rings. The highest BCUT2D eigenvalue weighted by molar-refractivity contribution is 5.60. The number of aromatic nitrogens is 2. The fraction of sp³-hybridized carbons (Fsp3) is 0.0909. The molecule has 0 bridgehead atoms. The van der Waals surface area contributed by atoms with E-state index in [2.05, 4.69) is 16.5 Å². The molecule has 0 amide bonds. The molecule has 0 spiro atoms. The van der Waals surface area contributed by atoms with Crippen molar-refractivity contribution in [3.8, 4) is 0 Å². The Labute approximate surface area is 89.0 Å². The molecule has 1 aromatic rings. The van der Waals surface area contributed by atoms with E-state index in [1.165, 1.54) is 0 Å². The monoisotopic (exact) mass is 202 g/mol. The number of hydrogen-bond acceptors (Lipinski definition) is 4. The van der Waals surface area contributed by atoms with Crippen LogP contribution in [0.1, 0.15) is 11.4 Å². The minimum Gasteiger partial charge on any atom is -0.399 e. The van der Waals surface area contributed by atoms with E-state index in [0.29, 0.717) is 17.1 Å². The molecule has 0 aliphatic heterocycles. The van der Waals surface area contributed by atoms with E-state index in [4.69, 9.17) is 11.5 Å². The van der Waals surface area contributed by atoms with Crippen molar-refractivity contribution in [2.75, 3.05) is 0 Å². The fourth-order valence-electron chi connectivity index (χ4n) is 0.902. The van der Waals surface area contributed by atoms with Crippen LogP contribution in [0, 0.1) is 6.92 Å². The Balaban J connectivity index is 2.80. The van der Waals surface area contributed by atoms with Crippen molar-refractivity contribution in [2.24, 2.45) is 11.5 Å². The smallest absolute Gasteiger partial charge is 0.104 e. The van der Waals surface area contributed by atoms with Crippen molar-refractivity contribution in [1.82, 2.24) is 9.97 Å². The molecule has 78 valence electrons. The number of nitrogens with two attached hydrogens (primary N) is 2. The minimum absolute atomic E-state index is 0.481. The third-order valence-electron chi connectivity index (χ3n) is 1.66. The summed E-state index contributed by atoms with van der Waals surface area (Å²) in [6.45, 7) is 5.40. The Morgan fingerprint density at radius 2 is 2.07 bits per heavy atom. The quantitative estimate of drug-likeness (QED) is 0.720. The zero-order valence-electron chi connectivity index (χ0n) is 8.64. The molecule has 4 heteroatoms. The van der Waals surface area contributed by atoms with Gasteiger partial charge >= 0.3 is 0 Å². The van der Waals surface area contributed by atoms with Crippen LogP contribution < -0.4 is 11.5 Å². The summed E-state index contributed by atoms with van der Waals surface area (Å²) in [4.78, 5) is 8.23. The van der Waals surface area contributed by atoms with Crippen molar-refractivity contribution >= 4 is 5.70 Å². The summed E-state index contributed by atoms with van der Waals surface area (Å²) < 4.78 is 0. The molecule has 4 N–H and O–H groups in total. The van der Waals surface area contributed by atoms with E-state index in [1.807, 2.05) is 6.92 Å². The van der Waals surface area contributed by atoms with Crippen LogP contribution in [-0.4, -0.2) is 9.97 Å². The van der Waals surface area contributed by atoms with Gasteiger partial charge in [-0.3, -0.25) is 9.97 Å². The second-order valence-corrected chi connectivity index (χ2v) is 3.10. The molecule has 0 unspecified atom stereocenters. The Bertz CT molecular complexity index is 401. The molecule has 4 nitrogen and oxygen atoms in total. The Hall–Kier alpha value is -2.10. The zero-order valence-corrected chi connectivity index (χ0v) is 8.64. The van der Waals surface area contributed by atoms with Crippen LogP contribution in [0.2, 0.25) is 0 Å². The van der Waals surface area contributed by atoms with E-state index < -0.39 is 0 Å². The van der Waals surface area contributed by atoms with Gasteiger partial charge in [0.2, 0.25) is 0 Å². The van der Waals surface area contributed by atoms with Crippen LogP contribution in [-0.2, 0) is 0 Å². The van der Waals surface area contributed by atoms with Crippen molar-refractivity contribution in [3.05, 3.63) is 54.3 Å². The van der Waals surface area contributed by atoms with Crippen molar-refractivity contribution in [1.29, 1.82) is 0 Å². The standard InChI is InChI=1S/C11H14N4/c1-8(12)4-3-5-10(13)11-7-14-9(2)6-15-11/h3-7H,1,12-13H2,2H3/b4-3-,10-5-. The Kier molecular flexibility index (Phi) is 3.62. The molecule has 0 radical (unpaired) electrons. The SMILES string of the molecule is C=C(N)/C=C\C=C(/N)c1cnc(C)cn1. The molecule has 0 saturated heterocycles. The van der Waals surface area contributed by atoms with Gasteiger partial charge in [-0.25, -0.2) is 0 Å². The zero-order chi connectivity index (χ0) is 11.3. The van der Waals surface area contributed by atoms with E-state index in [9.17, 15) is 0 Å². The van der Waals surface area contributed by atoms with Gasteiger partial charge in [-0.05, 0) is 19.1 Å². The lowest BCUT2D eigenvalue weighted by molar-refractivity contribution is 1.09. The van der Waals surface area contributed by atoms with Crippen LogP contribution in [0.4, 0.5) is 0 Å². The highest BCUT2D eigenvalue weighted by Crippen LogP contribution is 2.03. The first-order chi connectivity index (χ1) is 7.09. The average molecular weight is 202 g/mol. The maximum Gasteiger partial charge on any atom is 0.104 e. The van der Waals surface area contributed by atoms with Gasteiger partial charge in [-0.15, -0.1) is 0 Å². The maximum atomic E-state index is 5.77. The Morgan fingerprint density at radius 3 is 2.60 bits per heavy atom. The van der Waals surface area contributed by atoms with E-state index in [-0.39, 0.29) is 0 Å². The van der Waals surface area contributed by atoms with Crippen molar-refractivity contribution < 1.29 is 0 Å². The summed E-state index contributed by atoms with van der Waals surface area (Å²) in [7, 11) is 0. The minimum atomic E-state index is 0.481. The summed E-state index contributed by atoms with van der Waals surface area (Å²) in [5.74, 6) is 0. The molecule has 0 aromatic carbocycles. The third-order valence-corrected chi connectivity index (χ3v) is 1.66. The summed E-state index contributed by atoms with van der Waals surface area (Å²) in [6.07, 6.45) is 8.39. The molecular weight excluding hydrogens is 188 g/mol. The predicted octanol–water partition coefficient (Wildman–Crippen LogP) is 1.11. The lowest BCUT2D eigenvalue weighted by Gasteiger charge is -1.98. The van der Waals surface area contributed by atoms with E-state index in [0.717, 1.165) is 5.69 Å². The maximum absolute atomic E-state index is 5.77. The lowest BCUT2D eigenvalue weighted by Crippen LogP contribution is -2.00. The third kappa shape index (κ3) is 3.64. The summed E-state index contributed by atoms with van der Waals surface area (Å²) in [6, 6.07) is 0. The number of hydrogen-bond donors (Lipinski definition) is 2. The van der Waals surface area contributed by atoms with Gasteiger partial charge in [0.15, 0.2) is 0 Å². The summed E-state index contributed by atoms with van der Waals surface area (Å²) >= 11 is 0. The second-order valence-electron chi connectivity index (χ2n) is 3.10. The topological polar surface area (TPSA) is 77.8 Å². The van der Waals surface area contributed by atoms with E-state index in [1.54, 1.807) is 30.6 Å². The average Bonchev–Trinajstić information content (AvgIpc) is 2.18. The largest absolute Gasteiger partial charge is 0.399 e. The van der Waals surface area contributed by atoms with Crippen LogP contribution in [0.5, 0.6) is 0 Å². The molecule has 15 heavy (non-hydrogen) atoms. The van der Waals surface area contributed by atoms with Gasteiger partial charge in [0.1, 0.15) is 5.69 Å². The van der Waals surface area contributed by atoms with E-state index >= 15 is 0 Å². The number of allylic oxidation sites excluding steroid dienone is 3. The highest BCUT2D eigenvalue weighted by Gasteiger charge is 1.96. The molecule has 1 aromatic heterocycles. The number of aryl methyl sites for hydroxylation is 1. The van der Waals surface area contributed by atoms with Crippen LogP contribution in [0.15, 0.2) is 42.9 Å². The molecule has 1 heterocycles. The van der Waals surface area contributed by atoms with Gasteiger partial charge in [-0.2, -0.15) is 0 Å². The lowest BCUT2D eigenvalue weighted by atomic mass is 10.3. The molecular formula is C11H14N4.